The van der Waals surface area contributed by atoms with Gasteiger partial charge in [-0.3, -0.25) is 4.79 Å². The molecule has 0 saturated carbocycles. The highest BCUT2D eigenvalue weighted by atomic mass is 16.2. The number of likely N-dealkylation sites (N-methyl/N-ethyl adjacent to an activating group) is 1. The standard InChI is InChI=1S/C13H24N4O/c1-10(2)15-8-12-14-6-7-17(12)9-13(18)16(5)11(3)4/h6-7,10-11,15H,8-9H2,1-5H3. The van der Waals surface area contributed by atoms with Gasteiger partial charge in [-0.05, 0) is 13.8 Å². The molecule has 1 aromatic rings. The SMILES string of the molecule is CC(C)NCc1nccn1CC(=O)N(C)C(C)C. The molecule has 102 valence electrons. The fourth-order valence-corrected chi connectivity index (χ4v) is 1.49. The highest BCUT2D eigenvalue weighted by molar-refractivity contribution is 5.76. The summed E-state index contributed by atoms with van der Waals surface area (Å²) in [6.07, 6.45) is 3.59. The predicted molar refractivity (Wildman–Crippen MR) is 72.1 cm³/mol. The van der Waals surface area contributed by atoms with Crippen LogP contribution in [0, 0.1) is 0 Å². The zero-order chi connectivity index (χ0) is 13.7. The second-order valence-electron chi connectivity index (χ2n) is 5.11. The Morgan fingerprint density at radius 1 is 1.44 bits per heavy atom. The number of carbonyl (C=O) groups is 1. The van der Waals surface area contributed by atoms with Crippen LogP contribution in [-0.2, 0) is 17.9 Å². The number of carbonyl (C=O) groups excluding carboxylic acids is 1. The Labute approximate surface area is 109 Å². The van der Waals surface area contributed by atoms with Crippen LogP contribution in [0.15, 0.2) is 12.4 Å². The van der Waals surface area contributed by atoms with Crippen molar-refractivity contribution in [2.24, 2.45) is 0 Å². The lowest BCUT2D eigenvalue weighted by atomic mass is 10.3. The second-order valence-corrected chi connectivity index (χ2v) is 5.11. The fraction of sp³-hybridized carbons (Fsp3) is 0.692. The third-order valence-corrected chi connectivity index (χ3v) is 2.94. The molecule has 0 aliphatic rings. The lowest BCUT2D eigenvalue weighted by Crippen LogP contribution is -2.36. The predicted octanol–water partition coefficient (Wildman–Crippen LogP) is 1.25. The van der Waals surface area contributed by atoms with E-state index in [1.165, 1.54) is 0 Å². The van der Waals surface area contributed by atoms with E-state index in [0.29, 0.717) is 19.1 Å². The summed E-state index contributed by atoms with van der Waals surface area (Å²) in [5.74, 6) is 1.00. The van der Waals surface area contributed by atoms with E-state index in [-0.39, 0.29) is 11.9 Å². The maximum Gasteiger partial charge on any atom is 0.242 e. The number of nitrogens with one attached hydrogen (secondary N) is 1. The van der Waals surface area contributed by atoms with Crippen LogP contribution in [0.2, 0.25) is 0 Å². The molecule has 1 heterocycles. The first kappa shape index (κ1) is 14.7. The molecule has 0 fully saturated rings. The molecule has 18 heavy (non-hydrogen) atoms. The molecule has 0 unspecified atom stereocenters. The molecule has 5 nitrogen and oxygen atoms in total. The van der Waals surface area contributed by atoms with Crippen molar-refractivity contribution in [2.45, 2.75) is 52.9 Å². The Bertz CT molecular complexity index is 384. The number of aromatic nitrogens is 2. The maximum absolute atomic E-state index is 12.0. The summed E-state index contributed by atoms with van der Waals surface area (Å²) in [5.41, 5.74) is 0. The molecule has 1 rings (SSSR count). The molecule has 5 heteroatoms. The van der Waals surface area contributed by atoms with Crippen LogP contribution in [0.1, 0.15) is 33.5 Å². The van der Waals surface area contributed by atoms with Crippen molar-refractivity contribution < 1.29 is 4.79 Å². The van der Waals surface area contributed by atoms with Gasteiger partial charge in [0.1, 0.15) is 12.4 Å². The van der Waals surface area contributed by atoms with Gasteiger partial charge >= 0.3 is 0 Å². The smallest absolute Gasteiger partial charge is 0.242 e. The minimum Gasteiger partial charge on any atom is -0.342 e. The molecular formula is C13H24N4O. The molecule has 0 aromatic carbocycles. The lowest BCUT2D eigenvalue weighted by molar-refractivity contribution is -0.132. The first-order chi connectivity index (χ1) is 8.41. The topological polar surface area (TPSA) is 50.2 Å². The number of amides is 1. The van der Waals surface area contributed by atoms with E-state index in [1.54, 1.807) is 11.1 Å². The minimum absolute atomic E-state index is 0.105. The van der Waals surface area contributed by atoms with Crippen LogP contribution in [0.25, 0.3) is 0 Å². The molecule has 0 radical (unpaired) electrons. The summed E-state index contributed by atoms with van der Waals surface area (Å²) in [5, 5.41) is 3.31. The molecule has 0 spiro atoms. The van der Waals surface area contributed by atoms with Gasteiger partial charge in [0.05, 0.1) is 6.54 Å². The molecule has 0 saturated heterocycles. The van der Waals surface area contributed by atoms with E-state index in [1.807, 2.05) is 31.7 Å². The Balaban J connectivity index is 2.62. The Morgan fingerprint density at radius 3 is 2.67 bits per heavy atom. The van der Waals surface area contributed by atoms with E-state index in [2.05, 4.69) is 24.1 Å². The molecular weight excluding hydrogens is 228 g/mol. The van der Waals surface area contributed by atoms with Gasteiger partial charge in [0.25, 0.3) is 0 Å². The van der Waals surface area contributed by atoms with Crippen molar-refractivity contribution in [1.82, 2.24) is 19.8 Å². The van der Waals surface area contributed by atoms with Crippen molar-refractivity contribution in [3.8, 4) is 0 Å². The van der Waals surface area contributed by atoms with Crippen molar-refractivity contribution in [1.29, 1.82) is 0 Å². The van der Waals surface area contributed by atoms with Crippen LogP contribution >= 0.6 is 0 Å². The summed E-state index contributed by atoms with van der Waals surface area (Å²) in [7, 11) is 1.83. The molecule has 0 atom stereocenters. The van der Waals surface area contributed by atoms with Gasteiger partial charge in [-0.15, -0.1) is 0 Å². The summed E-state index contributed by atoms with van der Waals surface area (Å²) in [4.78, 5) is 18.0. The number of nitrogens with zero attached hydrogens (tertiary/aromatic N) is 3. The number of imidazole rings is 1. The zero-order valence-electron chi connectivity index (χ0n) is 12.0. The third kappa shape index (κ3) is 4.14. The van der Waals surface area contributed by atoms with E-state index in [4.69, 9.17) is 0 Å². The Kier molecular flexibility index (Phi) is 5.34. The van der Waals surface area contributed by atoms with Crippen LogP contribution in [0.5, 0.6) is 0 Å². The van der Waals surface area contributed by atoms with E-state index in [0.717, 1.165) is 5.82 Å². The van der Waals surface area contributed by atoms with Crippen LogP contribution in [-0.4, -0.2) is 39.5 Å². The van der Waals surface area contributed by atoms with Crippen molar-refractivity contribution in [3.05, 3.63) is 18.2 Å². The molecule has 0 bridgehead atoms. The van der Waals surface area contributed by atoms with E-state index < -0.39 is 0 Å². The summed E-state index contributed by atoms with van der Waals surface area (Å²) >= 11 is 0. The third-order valence-electron chi connectivity index (χ3n) is 2.94. The van der Waals surface area contributed by atoms with E-state index in [9.17, 15) is 4.79 Å². The number of hydrogen-bond acceptors (Lipinski definition) is 3. The molecule has 1 amide bonds. The minimum atomic E-state index is 0.105. The average Bonchev–Trinajstić information content (AvgIpc) is 2.72. The second kappa shape index (κ2) is 6.54. The fourth-order valence-electron chi connectivity index (χ4n) is 1.49. The normalized spacial score (nSPS) is 11.3. The first-order valence-corrected chi connectivity index (χ1v) is 6.41. The zero-order valence-corrected chi connectivity index (χ0v) is 12.0. The van der Waals surface area contributed by atoms with Gasteiger partial charge in [0.2, 0.25) is 5.91 Å². The summed E-state index contributed by atoms with van der Waals surface area (Å²) < 4.78 is 1.90. The van der Waals surface area contributed by atoms with Crippen molar-refractivity contribution >= 4 is 5.91 Å². The summed E-state index contributed by atoms with van der Waals surface area (Å²) in [6.45, 7) is 9.23. The molecule has 1 aromatic heterocycles. The highest BCUT2D eigenvalue weighted by Gasteiger charge is 2.14. The quantitative estimate of drug-likeness (QED) is 0.829. The van der Waals surface area contributed by atoms with Gasteiger partial charge in [-0.25, -0.2) is 4.98 Å². The van der Waals surface area contributed by atoms with Gasteiger partial charge in [-0.2, -0.15) is 0 Å². The van der Waals surface area contributed by atoms with Crippen molar-refractivity contribution in [3.63, 3.8) is 0 Å². The van der Waals surface area contributed by atoms with Gasteiger partial charge in [0.15, 0.2) is 0 Å². The molecule has 0 aliphatic carbocycles. The van der Waals surface area contributed by atoms with Gasteiger partial charge < -0.3 is 14.8 Å². The maximum atomic E-state index is 12.0. The number of rotatable bonds is 6. The average molecular weight is 252 g/mol. The Morgan fingerprint density at radius 2 is 2.11 bits per heavy atom. The van der Waals surface area contributed by atoms with Gasteiger partial charge in [-0.1, -0.05) is 13.8 Å². The monoisotopic (exact) mass is 252 g/mol. The molecule has 1 N–H and O–H groups in total. The summed E-state index contributed by atoms with van der Waals surface area (Å²) in [6, 6.07) is 0.627. The van der Waals surface area contributed by atoms with Crippen molar-refractivity contribution in [2.75, 3.05) is 7.05 Å². The first-order valence-electron chi connectivity index (χ1n) is 6.41. The van der Waals surface area contributed by atoms with Crippen LogP contribution in [0.4, 0.5) is 0 Å². The van der Waals surface area contributed by atoms with Crippen LogP contribution in [0.3, 0.4) is 0 Å². The Hall–Kier alpha value is -1.36. The molecule has 0 aliphatic heterocycles. The van der Waals surface area contributed by atoms with Crippen LogP contribution < -0.4 is 5.32 Å². The largest absolute Gasteiger partial charge is 0.342 e. The van der Waals surface area contributed by atoms with E-state index >= 15 is 0 Å². The van der Waals surface area contributed by atoms with Gasteiger partial charge in [0, 0.05) is 31.5 Å². The number of hydrogen-bond donors (Lipinski definition) is 1. The lowest BCUT2D eigenvalue weighted by Gasteiger charge is -2.22. The highest BCUT2D eigenvalue weighted by Crippen LogP contribution is 2.02.